The molecule has 1 heterocycles. The lowest BCUT2D eigenvalue weighted by atomic mass is 9.84. The molecule has 3 fully saturated rings. The van der Waals surface area contributed by atoms with Crippen LogP contribution in [0.15, 0.2) is 0 Å². The summed E-state index contributed by atoms with van der Waals surface area (Å²) in [5.74, 6) is 1.37. The molecule has 1 aliphatic heterocycles. The second-order valence-corrected chi connectivity index (χ2v) is 7.61. The van der Waals surface area contributed by atoms with E-state index in [2.05, 4.69) is 24.1 Å². The van der Waals surface area contributed by atoms with Gasteiger partial charge in [0.2, 0.25) is 5.91 Å². The quantitative estimate of drug-likeness (QED) is 0.796. The van der Waals surface area contributed by atoms with E-state index in [9.17, 15) is 4.79 Å². The second-order valence-electron chi connectivity index (χ2n) is 7.61. The van der Waals surface area contributed by atoms with E-state index in [-0.39, 0.29) is 23.5 Å². The fraction of sp³-hybridized carbons (Fsp3) is 0.938. The number of fused-ring (bicyclic) bond motifs is 2. The maximum Gasteiger partial charge on any atom is 0.225 e. The minimum Gasteiger partial charge on any atom is -0.373 e. The molecule has 3 aliphatic rings. The molecular formula is C16H29N3O2. The van der Waals surface area contributed by atoms with Crippen molar-refractivity contribution < 1.29 is 9.53 Å². The highest BCUT2D eigenvalue weighted by Gasteiger charge is 2.48. The lowest BCUT2D eigenvalue weighted by Crippen LogP contribution is -2.51. The van der Waals surface area contributed by atoms with Crippen molar-refractivity contribution in [1.82, 2.24) is 10.2 Å². The molecule has 4 atom stereocenters. The van der Waals surface area contributed by atoms with E-state index in [0.29, 0.717) is 11.8 Å². The van der Waals surface area contributed by atoms with Crippen LogP contribution in [0.4, 0.5) is 0 Å². The molecule has 5 heteroatoms. The number of hydrogen-bond donors (Lipinski definition) is 2. The summed E-state index contributed by atoms with van der Waals surface area (Å²) in [5, 5.41) is 3.11. The first-order valence-electron chi connectivity index (χ1n) is 8.36. The molecule has 4 unspecified atom stereocenters. The Morgan fingerprint density at radius 1 is 1.38 bits per heavy atom. The van der Waals surface area contributed by atoms with E-state index in [4.69, 9.17) is 10.5 Å². The van der Waals surface area contributed by atoms with Gasteiger partial charge in [0, 0.05) is 32.2 Å². The predicted molar refractivity (Wildman–Crippen MR) is 81.8 cm³/mol. The van der Waals surface area contributed by atoms with Crippen LogP contribution in [-0.2, 0) is 9.53 Å². The first-order valence-corrected chi connectivity index (χ1v) is 8.36. The lowest BCUT2D eigenvalue weighted by molar-refractivity contribution is -0.127. The van der Waals surface area contributed by atoms with Crippen molar-refractivity contribution in [2.75, 3.05) is 32.8 Å². The van der Waals surface area contributed by atoms with Crippen molar-refractivity contribution in [3.63, 3.8) is 0 Å². The largest absolute Gasteiger partial charge is 0.373 e. The van der Waals surface area contributed by atoms with Gasteiger partial charge in [-0.15, -0.1) is 0 Å². The molecular weight excluding hydrogens is 266 g/mol. The molecule has 0 aromatic rings. The third kappa shape index (κ3) is 3.25. The number of ether oxygens (including phenoxy) is 1. The molecule has 0 aromatic heterocycles. The molecule has 120 valence electrons. The van der Waals surface area contributed by atoms with Crippen LogP contribution in [0.25, 0.3) is 0 Å². The summed E-state index contributed by atoms with van der Waals surface area (Å²) in [7, 11) is 0. The number of rotatable bonds is 4. The number of nitrogens with zero attached hydrogens (tertiary/aromatic N) is 1. The first-order chi connectivity index (χ1) is 9.96. The van der Waals surface area contributed by atoms with Crippen molar-refractivity contribution >= 4 is 5.91 Å². The molecule has 1 amide bonds. The highest BCUT2D eigenvalue weighted by molar-refractivity contribution is 5.80. The van der Waals surface area contributed by atoms with Gasteiger partial charge in [-0.05, 0) is 44.9 Å². The van der Waals surface area contributed by atoms with Crippen molar-refractivity contribution in [2.24, 2.45) is 23.5 Å². The number of nitrogens with one attached hydrogen (secondary N) is 1. The zero-order valence-corrected chi connectivity index (χ0v) is 13.3. The Bertz CT molecular complexity index is 397. The predicted octanol–water partition coefficient (Wildman–Crippen LogP) is 0.587. The van der Waals surface area contributed by atoms with Crippen LogP contribution in [-0.4, -0.2) is 55.2 Å². The van der Waals surface area contributed by atoms with Crippen LogP contribution in [0.3, 0.4) is 0 Å². The monoisotopic (exact) mass is 295 g/mol. The highest BCUT2D eigenvalue weighted by atomic mass is 16.5. The fourth-order valence-corrected chi connectivity index (χ4v) is 4.48. The van der Waals surface area contributed by atoms with Gasteiger partial charge in [0.05, 0.1) is 18.1 Å². The summed E-state index contributed by atoms with van der Waals surface area (Å²) in [6.45, 7) is 8.50. The van der Waals surface area contributed by atoms with Crippen LogP contribution in [0.2, 0.25) is 0 Å². The summed E-state index contributed by atoms with van der Waals surface area (Å²) >= 11 is 0. The summed E-state index contributed by atoms with van der Waals surface area (Å²) in [5.41, 5.74) is 6.15. The SMILES string of the molecule is CC1(C)CN(CCNC(=O)C2C3CCC(C3)C2N)CCO1. The standard InChI is InChI=1S/C16H29N3O2/c1-16(2)10-19(7-8-21-16)6-5-18-15(20)13-11-3-4-12(9-11)14(13)17/h11-14H,3-10,17H2,1-2H3,(H,18,20). The summed E-state index contributed by atoms with van der Waals surface area (Å²) in [6, 6.07) is 0.0890. The molecule has 0 radical (unpaired) electrons. The Labute approximate surface area is 127 Å². The highest BCUT2D eigenvalue weighted by Crippen LogP contribution is 2.47. The lowest BCUT2D eigenvalue weighted by Gasteiger charge is -2.38. The number of morpholine rings is 1. The van der Waals surface area contributed by atoms with E-state index in [1.807, 2.05) is 0 Å². The van der Waals surface area contributed by atoms with E-state index >= 15 is 0 Å². The van der Waals surface area contributed by atoms with Gasteiger partial charge in [-0.2, -0.15) is 0 Å². The van der Waals surface area contributed by atoms with Crippen LogP contribution in [0.1, 0.15) is 33.1 Å². The van der Waals surface area contributed by atoms with Gasteiger partial charge in [0.15, 0.2) is 0 Å². The minimum absolute atomic E-state index is 0.0601. The molecule has 5 nitrogen and oxygen atoms in total. The molecule has 3 N–H and O–H groups in total. The average molecular weight is 295 g/mol. The third-order valence-corrected chi connectivity index (χ3v) is 5.52. The Morgan fingerprint density at radius 2 is 2.14 bits per heavy atom. The van der Waals surface area contributed by atoms with Crippen LogP contribution in [0.5, 0.6) is 0 Å². The number of hydrogen-bond acceptors (Lipinski definition) is 4. The molecule has 3 rings (SSSR count). The van der Waals surface area contributed by atoms with Gasteiger partial charge >= 0.3 is 0 Å². The van der Waals surface area contributed by atoms with Gasteiger partial charge in [-0.25, -0.2) is 0 Å². The first kappa shape index (κ1) is 15.3. The third-order valence-electron chi connectivity index (χ3n) is 5.52. The smallest absolute Gasteiger partial charge is 0.225 e. The maximum absolute atomic E-state index is 12.4. The number of nitrogens with two attached hydrogens (primary N) is 1. The molecule has 2 bridgehead atoms. The fourth-order valence-electron chi connectivity index (χ4n) is 4.48. The summed E-state index contributed by atoms with van der Waals surface area (Å²) < 4.78 is 5.71. The van der Waals surface area contributed by atoms with Crippen LogP contribution in [0, 0.1) is 17.8 Å². The molecule has 0 aromatic carbocycles. The molecule has 2 saturated carbocycles. The summed E-state index contributed by atoms with van der Waals surface area (Å²) in [4.78, 5) is 14.7. The zero-order chi connectivity index (χ0) is 15.0. The molecule has 21 heavy (non-hydrogen) atoms. The van der Waals surface area contributed by atoms with Gasteiger partial charge in [0.25, 0.3) is 0 Å². The van der Waals surface area contributed by atoms with Gasteiger partial charge in [0.1, 0.15) is 0 Å². The van der Waals surface area contributed by atoms with Crippen molar-refractivity contribution in [3.05, 3.63) is 0 Å². The number of carbonyl (C=O) groups is 1. The van der Waals surface area contributed by atoms with Gasteiger partial charge < -0.3 is 15.8 Å². The molecule has 0 spiro atoms. The Balaban J connectivity index is 1.42. The Hall–Kier alpha value is -0.650. The van der Waals surface area contributed by atoms with E-state index in [1.54, 1.807) is 0 Å². The average Bonchev–Trinajstić information content (AvgIpc) is 2.98. The van der Waals surface area contributed by atoms with Crippen molar-refractivity contribution in [1.29, 1.82) is 0 Å². The number of carbonyl (C=O) groups excluding carboxylic acids is 1. The second kappa shape index (κ2) is 5.86. The van der Waals surface area contributed by atoms with Crippen molar-refractivity contribution in [3.8, 4) is 0 Å². The zero-order valence-electron chi connectivity index (χ0n) is 13.3. The normalized spacial score (nSPS) is 38.6. The van der Waals surface area contributed by atoms with Gasteiger partial charge in [-0.1, -0.05) is 0 Å². The molecule has 2 aliphatic carbocycles. The summed E-state index contributed by atoms with van der Waals surface area (Å²) in [6.07, 6.45) is 3.57. The van der Waals surface area contributed by atoms with Gasteiger partial charge in [-0.3, -0.25) is 9.69 Å². The Morgan fingerprint density at radius 3 is 2.81 bits per heavy atom. The molecule has 1 saturated heterocycles. The van der Waals surface area contributed by atoms with E-state index in [0.717, 1.165) is 39.2 Å². The maximum atomic E-state index is 12.4. The van der Waals surface area contributed by atoms with Crippen LogP contribution < -0.4 is 11.1 Å². The number of amides is 1. The Kier molecular flexibility index (Phi) is 4.26. The van der Waals surface area contributed by atoms with Crippen LogP contribution >= 0.6 is 0 Å². The van der Waals surface area contributed by atoms with Crippen molar-refractivity contribution in [2.45, 2.75) is 44.8 Å². The van der Waals surface area contributed by atoms with E-state index in [1.165, 1.54) is 12.8 Å². The topological polar surface area (TPSA) is 67.6 Å². The minimum atomic E-state index is -0.0742. The van der Waals surface area contributed by atoms with E-state index < -0.39 is 0 Å².